The van der Waals surface area contributed by atoms with Gasteiger partial charge in [-0.05, 0) is 30.7 Å². The zero-order chi connectivity index (χ0) is 9.68. The van der Waals surface area contributed by atoms with E-state index in [0.29, 0.717) is 5.76 Å². The molecule has 3 nitrogen and oxygen atoms in total. The first-order chi connectivity index (χ1) is 6.18. The third-order valence-electron chi connectivity index (χ3n) is 1.40. The Labute approximate surface area is 76.0 Å². The number of carbonyl (C=O) groups is 1. The predicted molar refractivity (Wildman–Crippen MR) is 49.1 cm³/mol. The second kappa shape index (κ2) is 4.30. The molecular formula is C10H10O3. The number of aliphatic carboxylic acids is 1. The van der Waals surface area contributed by atoms with Crippen molar-refractivity contribution in [2.24, 2.45) is 0 Å². The van der Waals surface area contributed by atoms with Crippen LogP contribution in [0.25, 0.3) is 6.08 Å². The van der Waals surface area contributed by atoms with Gasteiger partial charge in [0, 0.05) is 6.08 Å². The Bertz CT molecular complexity index is 331. The molecule has 13 heavy (non-hydrogen) atoms. The second-order valence-corrected chi connectivity index (χ2v) is 2.58. The highest BCUT2D eigenvalue weighted by molar-refractivity contribution is 5.80. The van der Waals surface area contributed by atoms with Crippen LogP contribution in [-0.4, -0.2) is 11.1 Å². The van der Waals surface area contributed by atoms with Gasteiger partial charge in [-0.15, -0.1) is 0 Å². The van der Waals surface area contributed by atoms with E-state index in [1.807, 2.05) is 6.92 Å². The van der Waals surface area contributed by atoms with Gasteiger partial charge in [0.1, 0.15) is 5.76 Å². The zero-order valence-electron chi connectivity index (χ0n) is 7.23. The molecule has 0 atom stereocenters. The van der Waals surface area contributed by atoms with Crippen molar-refractivity contribution in [3.05, 3.63) is 41.9 Å². The van der Waals surface area contributed by atoms with Gasteiger partial charge in [0.2, 0.25) is 0 Å². The summed E-state index contributed by atoms with van der Waals surface area (Å²) in [5.41, 5.74) is 0.831. The monoisotopic (exact) mass is 178 g/mol. The fourth-order valence-corrected chi connectivity index (χ4v) is 0.849. The SMILES string of the molecule is CC(=C/c1ccco1)/C=C/C(=O)O. The van der Waals surface area contributed by atoms with Crippen LogP contribution in [0.3, 0.4) is 0 Å². The molecule has 1 aromatic heterocycles. The molecule has 0 bridgehead atoms. The van der Waals surface area contributed by atoms with Crippen LogP contribution in [0, 0.1) is 0 Å². The summed E-state index contributed by atoms with van der Waals surface area (Å²) in [6, 6.07) is 3.58. The fourth-order valence-electron chi connectivity index (χ4n) is 0.849. The molecule has 0 aliphatic rings. The summed E-state index contributed by atoms with van der Waals surface area (Å²) < 4.78 is 5.05. The Kier molecular flexibility index (Phi) is 3.09. The van der Waals surface area contributed by atoms with E-state index in [2.05, 4.69) is 0 Å². The van der Waals surface area contributed by atoms with E-state index in [9.17, 15) is 4.79 Å². The van der Waals surface area contributed by atoms with Crippen LogP contribution >= 0.6 is 0 Å². The van der Waals surface area contributed by atoms with E-state index >= 15 is 0 Å². The van der Waals surface area contributed by atoms with Crippen molar-refractivity contribution in [1.82, 2.24) is 0 Å². The Balaban J connectivity index is 2.67. The van der Waals surface area contributed by atoms with Gasteiger partial charge in [-0.1, -0.05) is 6.08 Å². The summed E-state index contributed by atoms with van der Waals surface area (Å²) in [4.78, 5) is 10.2. The number of furan rings is 1. The van der Waals surface area contributed by atoms with Crippen LogP contribution < -0.4 is 0 Å². The van der Waals surface area contributed by atoms with E-state index in [-0.39, 0.29) is 0 Å². The van der Waals surface area contributed by atoms with E-state index < -0.39 is 5.97 Å². The van der Waals surface area contributed by atoms with Crippen molar-refractivity contribution in [2.75, 3.05) is 0 Å². The first-order valence-electron chi connectivity index (χ1n) is 3.81. The number of rotatable bonds is 3. The number of hydrogen-bond donors (Lipinski definition) is 1. The van der Waals surface area contributed by atoms with Gasteiger partial charge >= 0.3 is 5.97 Å². The van der Waals surface area contributed by atoms with Gasteiger partial charge in [-0.2, -0.15) is 0 Å². The maximum atomic E-state index is 10.2. The minimum Gasteiger partial charge on any atom is -0.478 e. The van der Waals surface area contributed by atoms with Crippen LogP contribution in [0.2, 0.25) is 0 Å². The molecule has 3 heteroatoms. The smallest absolute Gasteiger partial charge is 0.328 e. The summed E-state index contributed by atoms with van der Waals surface area (Å²) in [5.74, 6) is -0.236. The highest BCUT2D eigenvalue weighted by atomic mass is 16.4. The Morgan fingerprint density at radius 1 is 1.54 bits per heavy atom. The molecule has 1 rings (SSSR count). The maximum Gasteiger partial charge on any atom is 0.328 e. The van der Waals surface area contributed by atoms with Gasteiger partial charge in [-0.3, -0.25) is 0 Å². The maximum absolute atomic E-state index is 10.2. The number of carboxylic acid groups (broad SMARTS) is 1. The third-order valence-corrected chi connectivity index (χ3v) is 1.40. The quantitative estimate of drug-likeness (QED) is 0.570. The molecule has 68 valence electrons. The lowest BCUT2D eigenvalue weighted by Crippen LogP contribution is -1.85. The Hall–Kier alpha value is -1.77. The molecule has 0 saturated carbocycles. The van der Waals surface area contributed by atoms with E-state index in [1.54, 1.807) is 24.5 Å². The first-order valence-corrected chi connectivity index (χ1v) is 3.81. The summed E-state index contributed by atoms with van der Waals surface area (Å²) in [6.45, 7) is 1.81. The van der Waals surface area contributed by atoms with Crippen molar-refractivity contribution in [3.8, 4) is 0 Å². The highest BCUT2D eigenvalue weighted by Gasteiger charge is 1.90. The number of hydrogen-bond acceptors (Lipinski definition) is 2. The fraction of sp³-hybridized carbons (Fsp3) is 0.100. The molecule has 0 spiro atoms. The second-order valence-electron chi connectivity index (χ2n) is 2.58. The topological polar surface area (TPSA) is 50.4 Å². The summed E-state index contributed by atoms with van der Waals surface area (Å²) in [6.07, 6.45) is 5.94. The van der Waals surface area contributed by atoms with Crippen LogP contribution in [0.4, 0.5) is 0 Å². The van der Waals surface area contributed by atoms with Crippen molar-refractivity contribution in [2.45, 2.75) is 6.92 Å². The molecule has 0 aromatic carbocycles. The van der Waals surface area contributed by atoms with E-state index in [1.165, 1.54) is 6.08 Å². The number of carboxylic acids is 1. The molecular weight excluding hydrogens is 168 g/mol. The normalized spacial score (nSPS) is 12.2. The predicted octanol–water partition coefficient (Wildman–Crippen LogP) is 2.32. The van der Waals surface area contributed by atoms with Crippen molar-refractivity contribution >= 4 is 12.0 Å². The molecule has 0 aliphatic carbocycles. The average Bonchev–Trinajstić information content (AvgIpc) is 2.53. The third kappa shape index (κ3) is 3.42. The minimum absolute atomic E-state index is 0.715. The molecule has 1 N–H and O–H groups in total. The molecule has 0 radical (unpaired) electrons. The summed E-state index contributed by atoms with van der Waals surface area (Å²) >= 11 is 0. The minimum atomic E-state index is -0.952. The Morgan fingerprint density at radius 2 is 2.31 bits per heavy atom. The first kappa shape index (κ1) is 9.32. The van der Waals surface area contributed by atoms with Crippen molar-refractivity contribution in [1.29, 1.82) is 0 Å². The van der Waals surface area contributed by atoms with Crippen molar-refractivity contribution in [3.63, 3.8) is 0 Å². The summed E-state index contributed by atoms with van der Waals surface area (Å²) in [7, 11) is 0. The van der Waals surface area contributed by atoms with Crippen LogP contribution in [-0.2, 0) is 4.79 Å². The van der Waals surface area contributed by atoms with Crippen LogP contribution in [0.5, 0.6) is 0 Å². The molecule has 1 aromatic rings. The highest BCUT2D eigenvalue weighted by Crippen LogP contribution is 2.07. The van der Waals surface area contributed by atoms with Crippen LogP contribution in [0.1, 0.15) is 12.7 Å². The van der Waals surface area contributed by atoms with E-state index in [0.717, 1.165) is 11.6 Å². The molecule has 0 saturated heterocycles. The van der Waals surface area contributed by atoms with Crippen LogP contribution in [0.15, 0.2) is 40.5 Å². The molecule has 0 amide bonds. The number of allylic oxidation sites excluding steroid dienone is 2. The average molecular weight is 178 g/mol. The Morgan fingerprint density at radius 3 is 2.85 bits per heavy atom. The standard InChI is InChI=1S/C10H10O3/c1-8(4-5-10(11)12)7-9-3-2-6-13-9/h2-7H,1H3,(H,11,12)/b5-4+,8-7-. The van der Waals surface area contributed by atoms with E-state index in [4.69, 9.17) is 9.52 Å². The summed E-state index contributed by atoms with van der Waals surface area (Å²) in [5, 5.41) is 8.35. The van der Waals surface area contributed by atoms with Gasteiger partial charge < -0.3 is 9.52 Å². The lowest BCUT2D eigenvalue weighted by molar-refractivity contribution is -0.131. The van der Waals surface area contributed by atoms with Crippen molar-refractivity contribution < 1.29 is 14.3 Å². The molecule has 0 fully saturated rings. The lowest BCUT2D eigenvalue weighted by atomic mass is 10.2. The van der Waals surface area contributed by atoms with Gasteiger partial charge in [-0.25, -0.2) is 4.79 Å². The van der Waals surface area contributed by atoms with Gasteiger partial charge in [0.15, 0.2) is 0 Å². The zero-order valence-corrected chi connectivity index (χ0v) is 7.23. The lowest BCUT2D eigenvalue weighted by Gasteiger charge is -1.88. The van der Waals surface area contributed by atoms with Gasteiger partial charge in [0.25, 0.3) is 0 Å². The largest absolute Gasteiger partial charge is 0.478 e. The molecule has 0 aliphatic heterocycles. The molecule has 0 unspecified atom stereocenters. The molecule has 1 heterocycles. The van der Waals surface area contributed by atoms with Gasteiger partial charge in [0.05, 0.1) is 6.26 Å².